The summed E-state index contributed by atoms with van der Waals surface area (Å²) in [4.78, 5) is 71.7. The molecule has 0 heterocycles. The normalized spacial score (nSPS) is 25.0. The zero-order valence-corrected chi connectivity index (χ0v) is 30.8. The molecule has 0 amide bonds. The van der Waals surface area contributed by atoms with Crippen molar-refractivity contribution in [3.8, 4) is 0 Å². The van der Waals surface area contributed by atoms with Crippen molar-refractivity contribution in [2.45, 2.75) is 114 Å². The van der Waals surface area contributed by atoms with Gasteiger partial charge in [-0.3, -0.25) is 27.7 Å². The van der Waals surface area contributed by atoms with Gasteiger partial charge in [0.05, 0.1) is 6.61 Å². The van der Waals surface area contributed by atoms with E-state index in [0.29, 0.717) is 38.5 Å². The zero-order valence-electron chi connectivity index (χ0n) is 28.1. The van der Waals surface area contributed by atoms with Gasteiger partial charge in [-0.2, -0.15) is 6.42 Å². The highest BCUT2D eigenvalue weighted by Crippen LogP contribution is 2.51. The lowest BCUT2D eigenvalue weighted by molar-refractivity contribution is -0.213. The minimum absolute atomic E-state index is 0.0139. The Hall–Kier alpha value is -1.63. The van der Waals surface area contributed by atoms with E-state index >= 15 is 0 Å². The summed E-state index contributed by atoms with van der Waals surface area (Å²) in [5, 5.41) is 31.4. The summed E-state index contributed by atoms with van der Waals surface area (Å²) in [6.45, 7) is 4.16. The molecule has 1 aliphatic rings. The molecule has 1 rings (SSSR count). The van der Waals surface area contributed by atoms with Gasteiger partial charge in [0.1, 0.15) is 43.2 Å². The maximum absolute atomic E-state index is 12.9. The molecule has 1 aliphatic carbocycles. The first-order valence-electron chi connectivity index (χ1n) is 16.1. The smallest absolute Gasteiger partial charge is 0.462 e. The molecule has 1 saturated carbocycles. The molecule has 51 heavy (non-hydrogen) atoms. The third-order valence-electron chi connectivity index (χ3n) is 6.86. The second kappa shape index (κ2) is 23.9. The molecule has 1 fully saturated rings. The van der Waals surface area contributed by atoms with Gasteiger partial charge in [0.15, 0.2) is 6.10 Å². The van der Waals surface area contributed by atoms with Crippen molar-refractivity contribution in [2.75, 3.05) is 13.2 Å². The van der Waals surface area contributed by atoms with Gasteiger partial charge in [0.2, 0.25) is 0 Å². The van der Waals surface area contributed by atoms with Gasteiger partial charge in [0, 0.05) is 12.8 Å². The molecule has 1 unspecified atom stereocenters. The number of phosphoric ester groups is 3. The standard InChI is InChI=1S/C29H50O19P3/c1-3-5-7-8-9-10-11-12-13-14-16-18-23(31)45-21(19-43-22(30)17-15-6-4-2)20-44-51(41,42)48-27-24(32)25(33)28(46-49(35,36)37)29(26(27)34)47-50(38,39)40/h5,7,9-10,12-13,21,24-29,32-34H,2-4,6,8,11,14-20H2,1H3,(H,41,42)(H2,35,36,37)(H2,38,39,40)/q-1/b7-5+,10-9+,13-12+/t21-,24-,25+,26+,27-,28-,29-/m1/s1. The van der Waals surface area contributed by atoms with E-state index in [1.165, 1.54) is 0 Å². The second-order valence-electron chi connectivity index (χ2n) is 11.2. The third kappa shape index (κ3) is 21.0. The second-order valence-corrected chi connectivity index (χ2v) is 15.0. The van der Waals surface area contributed by atoms with Crippen molar-refractivity contribution in [3.05, 3.63) is 43.4 Å². The van der Waals surface area contributed by atoms with Crippen LogP contribution < -0.4 is 0 Å². The van der Waals surface area contributed by atoms with Crippen LogP contribution in [0.3, 0.4) is 0 Å². The van der Waals surface area contributed by atoms with Crippen LogP contribution in [0, 0.1) is 6.92 Å². The largest absolute Gasteiger partial charge is 0.472 e. The van der Waals surface area contributed by atoms with Gasteiger partial charge in [-0.05, 0) is 38.5 Å². The zero-order chi connectivity index (χ0) is 38.7. The molecule has 0 saturated heterocycles. The van der Waals surface area contributed by atoms with Crippen molar-refractivity contribution < 1.29 is 90.6 Å². The molecule has 22 heteroatoms. The van der Waals surface area contributed by atoms with Crippen LogP contribution in [-0.4, -0.2) is 108 Å². The van der Waals surface area contributed by atoms with E-state index in [4.69, 9.17) is 28.3 Å². The van der Waals surface area contributed by atoms with Crippen LogP contribution in [0.4, 0.5) is 0 Å². The Balaban J connectivity index is 2.93. The first-order chi connectivity index (χ1) is 23.8. The van der Waals surface area contributed by atoms with Crippen LogP contribution in [0.25, 0.3) is 0 Å². The quantitative estimate of drug-likeness (QED) is 0.0216. The Bertz CT molecular complexity index is 1280. The molecule has 0 aromatic heterocycles. The van der Waals surface area contributed by atoms with Crippen LogP contribution >= 0.6 is 23.5 Å². The molecule has 0 aromatic carbocycles. The topological polar surface area (TPSA) is 303 Å². The minimum atomic E-state index is -5.59. The first-order valence-corrected chi connectivity index (χ1v) is 20.6. The van der Waals surface area contributed by atoms with Gasteiger partial charge >= 0.3 is 35.4 Å². The molecule has 0 bridgehead atoms. The molecule has 8 N–H and O–H groups in total. The Morgan fingerprint density at radius 3 is 1.78 bits per heavy atom. The van der Waals surface area contributed by atoms with E-state index in [1.54, 1.807) is 0 Å². The maximum atomic E-state index is 12.9. The summed E-state index contributed by atoms with van der Waals surface area (Å²) in [6.07, 6.45) is 0.566. The molecular weight excluding hydrogens is 745 g/mol. The van der Waals surface area contributed by atoms with Crippen LogP contribution in [0.1, 0.15) is 71.1 Å². The Morgan fingerprint density at radius 2 is 1.22 bits per heavy atom. The Labute approximate surface area is 296 Å². The van der Waals surface area contributed by atoms with Crippen LogP contribution in [0.2, 0.25) is 0 Å². The number of phosphoric acid groups is 3. The lowest BCUT2D eigenvalue weighted by Crippen LogP contribution is -2.65. The summed E-state index contributed by atoms with van der Waals surface area (Å²) >= 11 is 0. The highest BCUT2D eigenvalue weighted by Gasteiger charge is 2.56. The van der Waals surface area contributed by atoms with Crippen molar-refractivity contribution >= 4 is 35.4 Å². The van der Waals surface area contributed by atoms with E-state index in [-0.39, 0.29) is 12.8 Å². The summed E-state index contributed by atoms with van der Waals surface area (Å²) in [5.74, 6) is -1.43. The maximum Gasteiger partial charge on any atom is 0.472 e. The SMILES string of the molecule is [CH2-]CCCCC(=O)OC[C@H](COP(=O)(O)O[C@@H]1[C@H](O)[C@H](O)[C@@H](OP(=O)(O)O)[C@H](OP(=O)(O)O)[C@H]1O)OC(=O)CCC/C=C/C/C=C/C/C=C/CC. The number of hydrogen-bond donors (Lipinski definition) is 8. The van der Waals surface area contributed by atoms with E-state index in [1.807, 2.05) is 31.2 Å². The summed E-state index contributed by atoms with van der Waals surface area (Å²) < 4.78 is 64.2. The predicted octanol–water partition coefficient (Wildman–Crippen LogP) is 2.42. The van der Waals surface area contributed by atoms with Gasteiger partial charge in [-0.15, -0.1) is 0 Å². The van der Waals surface area contributed by atoms with Crippen molar-refractivity contribution in [2.24, 2.45) is 0 Å². The number of esters is 2. The number of carbonyl (C=O) groups is 2. The van der Waals surface area contributed by atoms with Crippen LogP contribution in [-0.2, 0) is 50.9 Å². The number of unbranched alkanes of at least 4 members (excludes halogenated alkanes) is 3. The number of rotatable bonds is 25. The number of allylic oxidation sites excluding steroid dienone is 6. The average Bonchev–Trinajstić information content (AvgIpc) is 3.03. The molecule has 0 aromatic rings. The van der Waals surface area contributed by atoms with Crippen molar-refractivity contribution in [3.63, 3.8) is 0 Å². The fourth-order valence-corrected chi connectivity index (χ4v) is 6.57. The lowest BCUT2D eigenvalue weighted by atomic mass is 9.85. The first kappa shape index (κ1) is 47.4. The molecule has 19 nitrogen and oxygen atoms in total. The van der Waals surface area contributed by atoms with Gasteiger partial charge in [-0.1, -0.05) is 49.8 Å². The molecule has 0 aliphatic heterocycles. The van der Waals surface area contributed by atoms with E-state index < -0.39 is 91.3 Å². The molecule has 8 atom stereocenters. The van der Waals surface area contributed by atoms with Crippen LogP contribution in [0.5, 0.6) is 0 Å². The van der Waals surface area contributed by atoms with Gasteiger partial charge in [0.25, 0.3) is 0 Å². The van der Waals surface area contributed by atoms with Crippen molar-refractivity contribution in [1.82, 2.24) is 0 Å². The van der Waals surface area contributed by atoms with Crippen LogP contribution in [0.15, 0.2) is 36.5 Å². The minimum Gasteiger partial charge on any atom is -0.462 e. The lowest BCUT2D eigenvalue weighted by Gasteiger charge is -2.44. The summed E-state index contributed by atoms with van der Waals surface area (Å²) in [6, 6.07) is 0. The monoisotopic (exact) mass is 795 g/mol. The van der Waals surface area contributed by atoms with E-state index in [0.717, 1.165) is 12.8 Å². The fourth-order valence-electron chi connectivity index (χ4n) is 4.47. The number of carbonyl (C=O) groups excluding carboxylic acids is 2. The van der Waals surface area contributed by atoms with Gasteiger partial charge in [-0.25, -0.2) is 13.7 Å². The highest BCUT2D eigenvalue weighted by molar-refractivity contribution is 7.47. The number of aliphatic hydroxyl groups is 3. The summed E-state index contributed by atoms with van der Waals surface area (Å²) in [5.41, 5.74) is 0. The Morgan fingerprint density at radius 1 is 0.686 bits per heavy atom. The average molecular weight is 796 g/mol. The van der Waals surface area contributed by atoms with Gasteiger partial charge < -0.3 is 56.2 Å². The molecular formula is C29H50O19P3-. The highest BCUT2D eigenvalue weighted by atomic mass is 31.2. The predicted molar refractivity (Wildman–Crippen MR) is 178 cm³/mol. The summed E-state index contributed by atoms with van der Waals surface area (Å²) in [7, 11) is -16.6. The number of hydrogen-bond acceptors (Lipinski definition) is 14. The number of ether oxygens (including phenoxy) is 2. The molecule has 0 radical (unpaired) electrons. The third-order valence-corrected chi connectivity index (χ3v) is 8.88. The molecule has 296 valence electrons. The van der Waals surface area contributed by atoms with Crippen molar-refractivity contribution in [1.29, 1.82) is 0 Å². The van der Waals surface area contributed by atoms with E-state index in [2.05, 4.69) is 28.1 Å². The molecule has 0 spiro atoms. The Kier molecular flexibility index (Phi) is 22.2. The fraction of sp³-hybridized carbons (Fsp3) is 0.690. The van der Waals surface area contributed by atoms with E-state index in [9.17, 15) is 53.3 Å². The number of aliphatic hydroxyl groups excluding tert-OH is 3.